The summed E-state index contributed by atoms with van der Waals surface area (Å²) < 4.78 is 11.1. The summed E-state index contributed by atoms with van der Waals surface area (Å²) in [4.78, 5) is 41.9. The molecule has 192 valence electrons. The van der Waals surface area contributed by atoms with Crippen LogP contribution in [0.25, 0.3) is 10.8 Å². The molecular formula is C30H32N2O5. The number of hydrogen-bond donors (Lipinski definition) is 1. The van der Waals surface area contributed by atoms with Gasteiger partial charge < -0.3 is 19.4 Å². The first-order valence-corrected chi connectivity index (χ1v) is 12.9. The molecule has 0 unspecified atom stereocenters. The van der Waals surface area contributed by atoms with Gasteiger partial charge in [0.2, 0.25) is 11.8 Å². The Balaban J connectivity index is 1.43. The van der Waals surface area contributed by atoms with Crippen LogP contribution in [0, 0.1) is 18.3 Å². The molecule has 1 aliphatic heterocycles. The number of benzene rings is 2. The van der Waals surface area contributed by atoms with Crippen LogP contribution in [-0.2, 0) is 32.2 Å². The van der Waals surface area contributed by atoms with Crippen molar-refractivity contribution in [1.82, 2.24) is 10.2 Å². The van der Waals surface area contributed by atoms with Crippen molar-refractivity contribution in [3.63, 3.8) is 0 Å². The van der Waals surface area contributed by atoms with Gasteiger partial charge in [0.25, 0.3) is 0 Å². The van der Waals surface area contributed by atoms with E-state index in [1.54, 1.807) is 11.8 Å². The number of nitrogens with one attached hydrogen (secondary N) is 1. The lowest BCUT2D eigenvalue weighted by Gasteiger charge is -2.44. The number of fused-ring (bicyclic) bond motifs is 2. The van der Waals surface area contributed by atoms with Crippen LogP contribution in [0.3, 0.4) is 0 Å². The van der Waals surface area contributed by atoms with E-state index in [1.165, 1.54) is 0 Å². The number of furan rings is 1. The summed E-state index contributed by atoms with van der Waals surface area (Å²) >= 11 is 0. The fraction of sp³-hybridized carbons (Fsp3) is 0.367. The van der Waals surface area contributed by atoms with Crippen molar-refractivity contribution in [2.75, 3.05) is 6.61 Å². The van der Waals surface area contributed by atoms with Gasteiger partial charge in [-0.3, -0.25) is 14.4 Å². The number of ether oxygens (including phenoxy) is 1. The molecule has 5 rings (SSSR count). The van der Waals surface area contributed by atoms with E-state index in [0.29, 0.717) is 30.8 Å². The van der Waals surface area contributed by atoms with Crippen molar-refractivity contribution in [2.45, 2.75) is 52.6 Å². The Bertz CT molecular complexity index is 1370. The lowest BCUT2D eigenvalue weighted by Crippen LogP contribution is -2.52. The molecule has 2 aromatic carbocycles. The van der Waals surface area contributed by atoms with E-state index in [0.717, 1.165) is 22.1 Å². The largest absolute Gasteiger partial charge is 0.465 e. The quantitative estimate of drug-likeness (QED) is 0.439. The Kier molecular flexibility index (Phi) is 6.87. The molecule has 2 aliphatic rings. The van der Waals surface area contributed by atoms with E-state index < -0.39 is 11.3 Å². The number of esters is 1. The Morgan fingerprint density at radius 3 is 2.73 bits per heavy atom. The Morgan fingerprint density at radius 1 is 1.14 bits per heavy atom. The zero-order valence-electron chi connectivity index (χ0n) is 21.3. The first-order valence-electron chi connectivity index (χ1n) is 12.9. The van der Waals surface area contributed by atoms with Gasteiger partial charge in [-0.05, 0) is 61.6 Å². The number of nitrogens with zero attached hydrogens (tertiary/aromatic N) is 1. The number of rotatable bonds is 8. The standard InChI is InChI=1S/C30H32N2O5/c1-3-36-29(35)30-15-7-12-26(30)32(19-22-10-6-9-21-8-4-5-11-25(21)22)28(34)23(17-30)16-27(33)31-18-24-14-13-20(2)37-24/h4-6,8-14,23H,3,7,15-19H2,1-2H3,(H,31,33)/t23-,30+/m1/s1. The predicted octanol–water partition coefficient (Wildman–Crippen LogP) is 5.02. The van der Waals surface area contributed by atoms with Crippen molar-refractivity contribution >= 4 is 28.6 Å². The molecular weight excluding hydrogens is 468 g/mol. The highest BCUT2D eigenvalue weighted by atomic mass is 16.5. The SMILES string of the molecule is CCOC(=O)[C@]12CCC=C1N(Cc1cccc3ccccc13)C(=O)[C@H](CC(=O)NCc1ccc(C)o1)C2. The number of allylic oxidation sites excluding steroid dienone is 1. The molecule has 1 fully saturated rings. The van der Waals surface area contributed by atoms with E-state index in [-0.39, 0.29) is 43.8 Å². The lowest BCUT2D eigenvalue weighted by atomic mass is 9.71. The molecule has 2 atom stereocenters. The van der Waals surface area contributed by atoms with E-state index >= 15 is 0 Å². The Labute approximate surface area is 216 Å². The summed E-state index contributed by atoms with van der Waals surface area (Å²) in [5, 5.41) is 5.01. The molecule has 2 heterocycles. The van der Waals surface area contributed by atoms with Crippen LogP contribution in [-0.4, -0.2) is 29.3 Å². The van der Waals surface area contributed by atoms with Gasteiger partial charge in [0.05, 0.1) is 19.7 Å². The average Bonchev–Trinajstić information content (AvgIpc) is 3.52. The molecule has 7 heteroatoms. The van der Waals surface area contributed by atoms with Gasteiger partial charge in [0, 0.05) is 18.0 Å². The Hall–Kier alpha value is -3.87. The molecule has 0 bridgehead atoms. The number of likely N-dealkylation sites (tertiary alicyclic amines) is 1. The number of carbonyl (C=O) groups is 3. The molecule has 0 saturated carbocycles. The second-order valence-corrected chi connectivity index (χ2v) is 9.89. The maximum atomic E-state index is 13.9. The third-order valence-electron chi connectivity index (χ3n) is 7.46. The minimum atomic E-state index is -0.919. The zero-order valence-corrected chi connectivity index (χ0v) is 21.3. The molecule has 1 saturated heterocycles. The van der Waals surface area contributed by atoms with Crippen molar-refractivity contribution in [3.05, 3.63) is 83.5 Å². The molecule has 1 aliphatic carbocycles. The van der Waals surface area contributed by atoms with Crippen LogP contribution in [0.4, 0.5) is 0 Å². The van der Waals surface area contributed by atoms with Crippen LogP contribution in [0.2, 0.25) is 0 Å². The first-order chi connectivity index (χ1) is 17.9. The van der Waals surface area contributed by atoms with Crippen molar-refractivity contribution in [2.24, 2.45) is 11.3 Å². The molecule has 3 aromatic rings. The maximum absolute atomic E-state index is 13.9. The molecule has 7 nitrogen and oxygen atoms in total. The van der Waals surface area contributed by atoms with Crippen molar-refractivity contribution < 1.29 is 23.5 Å². The molecule has 0 spiro atoms. The second-order valence-electron chi connectivity index (χ2n) is 9.89. The predicted molar refractivity (Wildman–Crippen MR) is 139 cm³/mol. The number of piperidine rings is 1. The van der Waals surface area contributed by atoms with Gasteiger partial charge in [-0.1, -0.05) is 48.5 Å². The zero-order chi connectivity index (χ0) is 26.0. The molecule has 2 amide bonds. The van der Waals surface area contributed by atoms with Gasteiger partial charge in [-0.25, -0.2) is 0 Å². The highest BCUT2D eigenvalue weighted by Crippen LogP contribution is 2.51. The van der Waals surface area contributed by atoms with E-state index in [2.05, 4.69) is 5.32 Å². The summed E-state index contributed by atoms with van der Waals surface area (Å²) in [5.41, 5.74) is 0.791. The number of aryl methyl sites for hydroxylation is 1. The fourth-order valence-electron chi connectivity index (χ4n) is 5.75. The summed E-state index contributed by atoms with van der Waals surface area (Å²) in [6.45, 7) is 4.48. The normalized spacial score (nSPS) is 21.0. The highest BCUT2D eigenvalue weighted by Gasteiger charge is 2.55. The van der Waals surface area contributed by atoms with E-state index in [4.69, 9.17) is 9.15 Å². The monoisotopic (exact) mass is 500 g/mol. The average molecular weight is 501 g/mol. The van der Waals surface area contributed by atoms with Gasteiger partial charge >= 0.3 is 5.97 Å². The third kappa shape index (κ3) is 4.78. The minimum Gasteiger partial charge on any atom is -0.465 e. The lowest BCUT2D eigenvalue weighted by molar-refractivity contribution is -0.161. The number of hydrogen-bond acceptors (Lipinski definition) is 5. The number of amides is 2. The first kappa shape index (κ1) is 24.8. The number of carbonyl (C=O) groups excluding carboxylic acids is 3. The summed E-state index contributed by atoms with van der Waals surface area (Å²) in [5.74, 6) is 0.0979. The van der Waals surface area contributed by atoms with Crippen LogP contribution in [0.1, 0.15) is 49.7 Å². The van der Waals surface area contributed by atoms with E-state index in [9.17, 15) is 14.4 Å². The summed E-state index contributed by atoms with van der Waals surface area (Å²) in [6, 6.07) is 17.8. The topological polar surface area (TPSA) is 88.8 Å². The van der Waals surface area contributed by atoms with Gasteiger partial charge in [-0.2, -0.15) is 0 Å². The van der Waals surface area contributed by atoms with Gasteiger partial charge in [0.1, 0.15) is 16.9 Å². The van der Waals surface area contributed by atoms with Crippen LogP contribution in [0.15, 0.2) is 70.8 Å². The molecule has 1 N–H and O–H groups in total. The van der Waals surface area contributed by atoms with E-state index in [1.807, 2.05) is 67.6 Å². The van der Waals surface area contributed by atoms with Crippen LogP contribution in [0.5, 0.6) is 0 Å². The highest BCUT2D eigenvalue weighted by molar-refractivity contribution is 5.93. The minimum absolute atomic E-state index is 0.000996. The van der Waals surface area contributed by atoms with Crippen molar-refractivity contribution in [1.29, 1.82) is 0 Å². The third-order valence-corrected chi connectivity index (χ3v) is 7.46. The van der Waals surface area contributed by atoms with Crippen LogP contribution >= 0.6 is 0 Å². The summed E-state index contributed by atoms with van der Waals surface area (Å²) in [7, 11) is 0. The molecule has 1 aromatic heterocycles. The smallest absolute Gasteiger partial charge is 0.318 e. The van der Waals surface area contributed by atoms with Crippen molar-refractivity contribution in [3.8, 4) is 0 Å². The fourth-order valence-corrected chi connectivity index (χ4v) is 5.75. The van der Waals surface area contributed by atoms with Crippen LogP contribution < -0.4 is 5.32 Å². The molecule has 0 radical (unpaired) electrons. The maximum Gasteiger partial charge on any atom is 0.318 e. The second kappa shape index (κ2) is 10.2. The molecule has 37 heavy (non-hydrogen) atoms. The summed E-state index contributed by atoms with van der Waals surface area (Å²) in [6.07, 6.45) is 3.53. The van der Waals surface area contributed by atoms with Gasteiger partial charge in [0.15, 0.2) is 0 Å². The Morgan fingerprint density at radius 2 is 1.95 bits per heavy atom. The van der Waals surface area contributed by atoms with Gasteiger partial charge in [-0.15, -0.1) is 0 Å².